The molecule has 0 aliphatic carbocycles. The summed E-state index contributed by atoms with van der Waals surface area (Å²) in [6.07, 6.45) is 0. The summed E-state index contributed by atoms with van der Waals surface area (Å²) in [5.74, 6) is 0. The summed E-state index contributed by atoms with van der Waals surface area (Å²) in [5, 5.41) is 0. The SMILES string of the molecule is CO[Si](C)(C)OC.[K]. The molecule has 4 heteroatoms. The molecular weight excluding hydrogens is 147 g/mol. The molecule has 0 bridgehead atoms. The summed E-state index contributed by atoms with van der Waals surface area (Å²) >= 11 is 0. The molecule has 0 aliphatic heterocycles. The van der Waals surface area contributed by atoms with Crippen molar-refractivity contribution in [2.75, 3.05) is 14.2 Å². The third-order valence-corrected chi connectivity index (χ3v) is 2.95. The first-order valence-electron chi connectivity index (χ1n) is 2.22. The monoisotopic (exact) mass is 159 g/mol. The van der Waals surface area contributed by atoms with Gasteiger partial charge in [-0.15, -0.1) is 0 Å². The first-order valence-corrected chi connectivity index (χ1v) is 5.04. The molecule has 0 unspecified atom stereocenters. The van der Waals surface area contributed by atoms with Crippen LogP contribution in [0.25, 0.3) is 0 Å². The molecule has 2 nitrogen and oxygen atoms in total. The quantitative estimate of drug-likeness (QED) is 0.549. The second kappa shape index (κ2) is 5.55. The van der Waals surface area contributed by atoms with Crippen LogP contribution >= 0.6 is 0 Å². The van der Waals surface area contributed by atoms with Crippen molar-refractivity contribution < 1.29 is 8.85 Å². The summed E-state index contributed by atoms with van der Waals surface area (Å²) in [6, 6.07) is 0. The Morgan fingerprint density at radius 3 is 1.25 bits per heavy atom. The van der Waals surface area contributed by atoms with E-state index in [4.69, 9.17) is 8.85 Å². The van der Waals surface area contributed by atoms with Crippen LogP contribution in [0, 0.1) is 0 Å². The van der Waals surface area contributed by atoms with E-state index in [0.717, 1.165) is 0 Å². The average molecular weight is 159 g/mol. The van der Waals surface area contributed by atoms with E-state index in [9.17, 15) is 0 Å². The van der Waals surface area contributed by atoms with Crippen LogP contribution in [-0.2, 0) is 8.85 Å². The smallest absolute Gasteiger partial charge is 0.331 e. The Morgan fingerprint density at radius 1 is 1.00 bits per heavy atom. The van der Waals surface area contributed by atoms with Gasteiger partial charge in [0.15, 0.2) is 0 Å². The topological polar surface area (TPSA) is 18.5 Å². The van der Waals surface area contributed by atoms with Gasteiger partial charge in [0.05, 0.1) is 0 Å². The van der Waals surface area contributed by atoms with Gasteiger partial charge in [-0.05, 0) is 13.1 Å². The number of rotatable bonds is 2. The van der Waals surface area contributed by atoms with Gasteiger partial charge in [0, 0.05) is 65.6 Å². The molecule has 0 aromatic carbocycles. The molecule has 0 N–H and O–H groups in total. The predicted octanol–water partition coefficient (Wildman–Crippen LogP) is 0.600. The van der Waals surface area contributed by atoms with Gasteiger partial charge in [-0.3, -0.25) is 0 Å². The minimum absolute atomic E-state index is 0. The van der Waals surface area contributed by atoms with Gasteiger partial charge in [-0.2, -0.15) is 0 Å². The maximum absolute atomic E-state index is 5.00. The van der Waals surface area contributed by atoms with Gasteiger partial charge >= 0.3 is 8.56 Å². The number of hydrogen-bond donors (Lipinski definition) is 0. The van der Waals surface area contributed by atoms with E-state index in [1.165, 1.54) is 0 Å². The second-order valence-corrected chi connectivity index (χ2v) is 5.42. The van der Waals surface area contributed by atoms with Gasteiger partial charge in [0.1, 0.15) is 0 Å². The van der Waals surface area contributed by atoms with Crippen LogP contribution in [-0.4, -0.2) is 74.2 Å². The summed E-state index contributed by atoms with van der Waals surface area (Å²) in [5.41, 5.74) is 0. The zero-order valence-electron chi connectivity index (χ0n) is 6.32. The molecule has 0 spiro atoms. The summed E-state index contributed by atoms with van der Waals surface area (Å²) in [6.45, 7) is 3.99. The molecule has 0 fully saturated rings. The summed E-state index contributed by atoms with van der Waals surface area (Å²) < 4.78 is 10.0. The zero-order chi connectivity index (χ0) is 5.91. The molecule has 0 saturated heterocycles. The van der Waals surface area contributed by atoms with Gasteiger partial charge < -0.3 is 8.85 Å². The van der Waals surface area contributed by atoms with Crippen LogP contribution in [0.4, 0.5) is 0 Å². The van der Waals surface area contributed by atoms with Crippen molar-refractivity contribution in [1.29, 1.82) is 0 Å². The summed E-state index contributed by atoms with van der Waals surface area (Å²) in [7, 11) is 1.70. The van der Waals surface area contributed by atoms with Crippen molar-refractivity contribution in [2.45, 2.75) is 13.1 Å². The van der Waals surface area contributed by atoms with Crippen molar-refractivity contribution in [3.8, 4) is 0 Å². The molecule has 0 heterocycles. The summed E-state index contributed by atoms with van der Waals surface area (Å²) in [4.78, 5) is 0. The van der Waals surface area contributed by atoms with Crippen molar-refractivity contribution in [1.82, 2.24) is 0 Å². The van der Waals surface area contributed by atoms with E-state index in [1.807, 2.05) is 13.1 Å². The first kappa shape index (κ1) is 12.4. The molecule has 1 radical (unpaired) electrons. The van der Waals surface area contributed by atoms with Crippen LogP contribution in [0.5, 0.6) is 0 Å². The Labute approximate surface area is 94.6 Å². The van der Waals surface area contributed by atoms with Crippen LogP contribution in [0.15, 0.2) is 0 Å². The van der Waals surface area contributed by atoms with E-state index >= 15 is 0 Å². The van der Waals surface area contributed by atoms with E-state index in [0.29, 0.717) is 0 Å². The van der Waals surface area contributed by atoms with Crippen LogP contribution in [0.1, 0.15) is 0 Å². The fraction of sp³-hybridized carbons (Fsp3) is 1.00. The van der Waals surface area contributed by atoms with E-state index in [-0.39, 0.29) is 51.4 Å². The fourth-order valence-corrected chi connectivity index (χ4v) is 0.250. The van der Waals surface area contributed by atoms with E-state index < -0.39 is 8.56 Å². The third-order valence-electron chi connectivity index (χ3n) is 0.983. The molecule has 0 amide bonds. The standard InChI is InChI=1S/C4H12O2Si.K/c1-5-7(3,4)6-2;/h1-4H3;. The Balaban J connectivity index is 0. The minimum Gasteiger partial charge on any atom is -0.398 e. The normalized spacial score (nSPS) is 10.5. The van der Waals surface area contributed by atoms with Gasteiger partial charge in [-0.25, -0.2) is 0 Å². The van der Waals surface area contributed by atoms with Crippen molar-refractivity contribution >= 4 is 59.9 Å². The Morgan fingerprint density at radius 2 is 1.25 bits per heavy atom. The maximum atomic E-state index is 5.00. The van der Waals surface area contributed by atoms with Crippen molar-refractivity contribution in [3.63, 3.8) is 0 Å². The third kappa shape index (κ3) is 5.90. The van der Waals surface area contributed by atoms with Crippen molar-refractivity contribution in [2.24, 2.45) is 0 Å². The molecule has 0 aliphatic rings. The molecule has 0 rings (SSSR count). The van der Waals surface area contributed by atoms with Gasteiger partial charge in [0.2, 0.25) is 0 Å². The molecular formula is C4H12KO2Si. The zero-order valence-corrected chi connectivity index (χ0v) is 10.4. The molecule has 0 atom stereocenters. The average Bonchev–Trinajstić information content (AvgIpc) is 1.68. The van der Waals surface area contributed by atoms with Crippen LogP contribution in [0.3, 0.4) is 0 Å². The fourth-order valence-electron chi connectivity index (χ4n) is 0.0833. The molecule has 0 aromatic heterocycles. The Kier molecular flexibility index (Phi) is 8.64. The van der Waals surface area contributed by atoms with Gasteiger partial charge in [-0.1, -0.05) is 0 Å². The van der Waals surface area contributed by atoms with Crippen LogP contribution in [0.2, 0.25) is 13.1 Å². The second-order valence-electron chi connectivity index (χ2n) is 1.81. The molecule has 45 valence electrons. The Bertz CT molecular complexity index is 52.0. The van der Waals surface area contributed by atoms with Crippen LogP contribution < -0.4 is 0 Å². The van der Waals surface area contributed by atoms with Gasteiger partial charge in [0.25, 0.3) is 0 Å². The first-order chi connectivity index (χ1) is 3.12. The van der Waals surface area contributed by atoms with E-state index in [2.05, 4.69) is 0 Å². The molecule has 0 saturated carbocycles. The van der Waals surface area contributed by atoms with E-state index in [1.54, 1.807) is 14.2 Å². The maximum Gasteiger partial charge on any atom is 0.331 e. The largest absolute Gasteiger partial charge is 0.398 e. The molecule has 8 heavy (non-hydrogen) atoms. The predicted molar refractivity (Wildman–Crippen MR) is 37.3 cm³/mol. The molecule has 0 aromatic rings. The Hall–Kier alpha value is 1.77. The van der Waals surface area contributed by atoms with Crippen molar-refractivity contribution in [3.05, 3.63) is 0 Å². The minimum atomic E-state index is -1.65. The number of hydrogen-bond acceptors (Lipinski definition) is 2.